The fourth-order valence-corrected chi connectivity index (χ4v) is 3.61. The zero-order chi connectivity index (χ0) is 22.2. The van der Waals surface area contributed by atoms with Crippen LogP contribution in [0, 0.1) is 5.82 Å². The van der Waals surface area contributed by atoms with Crippen LogP contribution in [-0.4, -0.2) is 54.6 Å². The summed E-state index contributed by atoms with van der Waals surface area (Å²) >= 11 is 1.15. The second-order valence-electron chi connectivity index (χ2n) is 6.55. The van der Waals surface area contributed by atoms with Gasteiger partial charge in [-0.3, -0.25) is 9.59 Å². The number of rotatable bonds is 6. The topological polar surface area (TPSA) is 110 Å². The Morgan fingerprint density at radius 3 is 2.97 bits per heavy atom. The first-order valence-electron chi connectivity index (χ1n) is 9.61. The fraction of sp³-hybridized carbons (Fsp3) is 0.350. The van der Waals surface area contributed by atoms with Crippen molar-refractivity contribution in [2.45, 2.75) is 25.7 Å². The van der Waals surface area contributed by atoms with Gasteiger partial charge in [-0.2, -0.15) is 10.1 Å². The van der Waals surface area contributed by atoms with Crippen LogP contribution in [0.3, 0.4) is 0 Å². The minimum absolute atomic E-state index is 0.0455. The van der Waals surface area contributed by atoms with Gasteiger partial charge in [0.25, 0.3) is 5.91 Å². The van der Waals surface area contributed by atoms with E-state index in [9.17, 15) is 18.8 Å². The number of nitrogens with zero attached hydrogens (tertiary/aromatic N) is 3. The first-order chi connectivity index (χ1) is 15.0. The van der Waals surface area contributed by atoms with Crippen LogP contribution in [0.25, 0.3) is 6.08 Å². The number of thioether (sulfide) groups is 1. The van der Waals surface area contributed by atoms with E-state index in [0.29, 0.717) is 28.6 Å². The molecule has 9 nitrogen and oxygen atoms in total. The van der Waals surface area contributed by atoms with Gasteiger partial charge in [0.05, 0.1) is 12.0 Å². The van der Waals surface area contributed by atoms with E-state index in [0.717, 1.165) is 30.7 Å². The largest absolute Gasteiger partial charge is 0.469 e. The zero-order valence-electron chi connectivity index (χ0n) is 16.8. The number of amides is 2. The van der Waals surface area contributed by atoms with Crippen molar-refractivity contribution in [2.24, 2.45) is 10.1 Å². The first kappa shape index (κ1) is 22.5. The van der Waals surface area contributed by atoms with Gasteiger partial charge in [0.2, 0.25) is 0 Å². The zero-order valence-corrected chi connectivity index (χ0v) is 17.6. The van der Waals surface area contributed by atoms with Crippen LogP contribution in [0.5, 0.6) is 5.75 Å². The average Bonchev–Trinajstić information content (AvgIpc) is 3.14. The maximum absolute atomic E-state index is 13.7. The summed E-state index contributed by atoms with van der Waals surface area (Å²) in [7, 11) is 1.28. The number of amidine groups is 1. The molecule has 0 unspecified atom stereocenters. The molecule has 3 rings (SSSR count). The predicted octanol–water partition coefficient (Wildman–Crippen LogP) is 2.92. The molecule has 11 heteroatoms. The van der Waals surface area contributed by atoms with Crippen molar-refractivity contribution in [1.29, 1.82) is 0 Å². The van der Waals surface area contributed by atoms with Crippen molar-refractivity contribution in [3.8, 4) is 5.75 Å². The number of hydrazone groups is 1. The molecule has 164 valence electrons. The number of nitrogens with one attached hydrogen (secondary N) is 1. The van der Waals surface area contributed by atoms with Crippen molar-refractivity contribution in [3.05, 3.63) is 34.5 Å². The molecule has 1 aromatic rings. The van der Waals surface area contributed by atoms with E-state index in [-0.39, 0.29) is 24.7 Å². The Kier molecular flexibility index (Phi) is 7.76. The highest BCUT2D eigenvalue weighted by Crippen LogP contribution is 2.33. The summed E-state index contributed by atoms with van der Waals surface area (Å²) in [5.74, 6) is -1.47. The Morgan fingerprint density at radius 1 is 1.39 bits per heavy atom. The van der Waals surface area contributed by atoms with Crippen LogP contribution in [0.4, 0.5) is 9.18 Å². The van der Waals surface area contributed by atoms with Gasteiger partial charge in [-0.25, -0.2) is 14.2 Å². The molecule has 2 heterocycles. The van der Waals surface area contributed by atoms with Crippen molar-refractivity contribution in [2.75, 3.05) is 20.2 Å². The van der Waals surface area contributed by atoms with Gasteiger partial charge in [-0.15, -0.1) is 0 Å². The average molecular weight is 448 g/mol. The van der Waals surface area contributed by atoms with Crippen LogP contribution in [0.1, 0.15) is 31.2 Å². The SMILES string of the molecule is COC(=O)CCCNC(=O)Oc1cc(F)ccc1/C=C1/SC(N2CCCC=N2)=NC1=O. The number of methoxy groups -OCH3 is 1. The quantitative estimate of drug-likeness (QED) is 0.405. The molecule has 0 radical (unpaired) electrons. The minimum atomic E-state index is -0.805. The predicted molar refractivity (Wildman–Crippen MR) is 114 cm³/mol. The number of halogens is 1. The maximum atomic E-state index is 13.7. The maximum Gasteiger partial charge on any atom is 0.412 e. The third-order valence-corrected chi connectivity index (χ3v) is 5.27. The monoisotopic (exact) mass is 448 g/mol. The van der Waals surface area contributed by atoms with Gasteiger partial charge in [0.1, 0.15) is 11.6 Å². The molecular weight excluding hydrogens is 427 g/mol. The summed E-state index contributed by atoms with van der Waals surface area (Å²) in [6.07, 6.45) is 4.78. The molecule has 0 spiro atoms. The number of benzene rings is 1. The molecule has 2 aliphatic heterocycles. The summed E-state index contributed by atoms with van der Waals surface area (Å²) in [5.41, 5.74) is 0.348. The van der Waals surface area contributed by atoms with E-state index in [1.54, 1.807) is 11.2 Å². The Balaban J connectivity index is 1.65. The summed E-state index contributed by atoms with van der Waals surface area (Å²) < 4.78 is 23.5. The molecule has 1 aromatic carbocycles. The van der Waals surface area contributed by atoms with Crippen LogP contribution in [-0.2, 0) is 14.3 Å². The Morgan fingerprint density at radius 2 is 2.23 bits per heavy atom. The van der Waals surface area contributed by atoms with E-state index in [1.165, 1.54) is 25.3 Å². The van der Waals surface area contributed by atoms with E-state index in [4.69, 9.17) is 4.74 Å². The van der Waals surface area contributed by atoms with E-state index in [1.807, 2.05) is 0 Å². The van der Waals surface area contributed by atoms with Gasteiger partial charge < -0.3 is 14.8 Å². The van der Waals surface area contributed by atoms with Gasteiger partial charge in [-0.1, -0.05) is 0 Å². The second-order valence-corrected chi connectivity index (χ2v) is 7.56. The highest BCUT2D eigenvalue weighted by molar-refractivity contribution is 8.18. The molecule has 0 aromatic heterocycles. The fourth-order valence-electron chi connectivity index (χ4n) is 2.72. The van der Waals surface area contributed by atoms with Crippen molar-refractivity contribution >= 4 is 47.2 Å². The molecule has 0 saturated heterocycles. The summed E-state index contributed by atoms with van der Waals surface area (Å²) in [6.45, 7) is 0.853. The van der Waals surface area contributed by atoms with Crippen LogP contribution >= 0.6 is 11.8 Å². The molecular formula is C20H21FN4O5S. The first-order valence-corrected chi connectivity index (χ1v) is 10.4. The van der Waals surface area contributed by atoms with E-state index < -0.39 is 17.8 Å². The lowest BCUT2D eigenvalue weighted by atomic mass is 10.2. The van der Waals surface area contributed by atoms with Crippen LogP contribution in [0.2, 0.25) is 0 Å². The number of carbonyl (C=O) groups is 3. The standard InChI is InChI=1S/C20H21FN4O5S/c1-29-17(26)5-4-8-22-20(28)30-15-12-14(21)7-6-13(15)11-16-18(27)24-19(31-16)25-10-3-2-9-23-25/h6-7,9,11-12H,2-5,8,10H2,1H3,(H,22,28)/b16-11+. The third kappa shape index (κ3) is 6.38. The molecule has 2 amide bonds. The molecule has 0 saturated carbocycles. The van der Waals surface area contributed by atoms with Crippen molar-refractivity contribution < 1.29 is 28.2 Å². The Labute approximate surface area is 182 Å². The number of esters is 1. The van der Waals surface area contributed by atoms with Crippen molar-refractivity contribution in [1.82, 2.24) is 10.3 Å². The Hall–Kier alpha value is -3.21. The normalized spacial score (nSPS) is 17.0. The second kappa shape index (κ2) is 10.7. The number of carbonyl (C=O) groups excluding carboxylic acids is 3. The molecule has 1 N–H and O–H groups in total. The van der Waals surface area contributed by atoms with Gasteiger partial charge in [0, 0.05) is 37.4 Å². The highest BCUT2D eigenvalue weighted by atomic mass is 32.2. The molecule has 2 aliphatic rings. The summed E-state index contributed by atoms with van der Waals surface area (Å²) in [4.78, 5) is 39.8. The lowest BCUT2D eigenvalue weighted by Crippen LogP contribution is -2.28. The number of ether oxygens (including phenoxy) is 2. The minimum Gasteiger partial charge on any atom is -0.469 e. The molecule has 0 aliphatic carbocycles. The molecule has 31 heavy (non-hydrogen) atoms. The third-order valence-electron chi connectivity index (χ3n) is 4.27. The molecule has 0 fully saturated rings. The smallest absolute Gasteiger partial charge is 0.412 e. The van der Waals surface area contributed by atoms with E-state index in [2.05, 4.69) is 20.1 Å². The van der Waals surface area contributed by atoms with Gasteiger partial charge in [-0.05, 0) is 49.2 Å². The molecule has 0 atom stereocenters. The number of aliphatic imine (C=N–C) groups is 1. The van der Waals surface area contributed by atoms with Crippen LogP contribution < -0.4 is 10.1 Å². The van der Waals surface area contributed by atoms with Crippen molar-refractivity contribution in [3.63, 3.8) is 0 Å². The van der Waals surface area contributed by atoms with Gasteiger partial charge >= 0.3 is 12.1 Å². The van der Waals surface area contributed by atoms with Gasteiger partial charge in [0.15, 0.2) is 5.17 Å². The van der Waals surface area contributed by atoms with E-state index >= 15 is 0 Å². The number of hydrogen-bond donors (Lipinski definition) is 1. The lowest BCUT2D eigenvalue weighted by molar-refractivity contribution is -0.140. The summed E-state index contributed by atoms with van der Waals surface area (Å²) in [6, 6.07) is 3.67. The summed E-state index contributed by atoms with van der Waals surface area (Å²) in [5, 5.41) is 8.84. The highest BCUT2D eigenvalue weighted by Gasteiger charge is 2.27. The number of hydrogen-bond acceptors (Lipinski definition) is 8. The molecule has 0 bridgehead atoms. The van der Waals surface area contributed by atoms with Crippen LogP contribution in [0.15, 0.2) is 33.2 Å². The lowest BCUT2D eigenvalue weighted by Gasteiger charge is -2.19. The Bertz CT molecular complexity index is 963.